The molecule has 10 heavy (non-hydrogen) atoms. The monoisotopic (exact) mass is 157 g/mol. The number of carboxylic acid groups (broad SMARTS) is 1. The Kier molecular flexibility index (Phi) is 12.1. The maximum Gasteiger partial charge on any atom is 0.317 e. The molecule has 7 N–H and O–H groups in total. The Morgan fingerprint density at radius 1 is 1.60 bits per heavy atom. The summed E-state index contributed by atoms with van der Waals surface area (Å²) in [5.41, 5.74) is 14.8. The molecule has 0 spiro atoms. The van der Waals surface area contributed by atoms with Crippen LogP contribution in [-0.4, -0.2) is 51.7 Å². The SMILES string of the molecule is NC(N)[CH2][Na].NCC(=O)O. The van der Waals surface area contributed by atoms with Crippen molar-refractivity contribution in [2.45, 2.75) is 9.84 Å². The predicted molar refractivity (Wildman–Crippen MR) is 39.4 cm³/mol. The summed E-state index contributed by atoms with van der Waals surface area (Å²) in [7, 11) is 0. The number of hydrogen-bond acceptors (Lipinski definition) is 4. The van der Waals surface area contributed by atoms with Crippen molar-refractivity contribution in [3.63, 3.8) is 0 Å². The van der Waals surface area contributed by atoms with Gasteiger partial charge in [-0.1, -0.05) is 0 Å². The summed E-state index contributed by atoms with van der Waals surface area (Å²) >= 11 is 1.12. The van der Waals surface area contributed by atoms with E-state index in [0.717, 1.165) is 31.6 Å². The van der Waals surface area contributed by atoms with Crippen LogP contribution in [0.3, 0.4) is 0 Å². The number of aliphatic carboxylic acids is 1. The van der Waals surface area contributed by atoms with E-state index >= 15 is 0 Å². The van der Waals surface area contributed by atoms with Crippen molar-refractivity contribution in [3.8, 4) is 0 Å². The molecule has 6 heteroatoms. The molecular weight excluding hydrogens is 145 g/mol. The van der Waals surface area contributed by atoms with Crippen LogP contribution in [0.15, 0.2) is 0 Å². The molecule has 0 bridgehead atoms. The molecule has 0 saturated carbocycles. The van der Waals surface area contributed by atoms with E-state index in [1.807, 2.05) is 0 Å². The summed E-state index contributed by atoms with van der Waals surface area (Å²) in [6.07, 6.45) is -0.0540. The number of rotatable bonds is 2. The zero-order valence-electron chi connectivity index (χ0n) is 6.08. The quantitative estimate of drug-likeness (QED) is 0.269. The molecule has 56 valence electrons. The fraction of sp³-hybridized carbons (Fsp3) is 0.750. The van der Waals surface area contributed by atoms with Gasteiger partial charge in [0.25, 0.3) is 0 Å². The zero-order chi connectivity index (χ0) is 8.57. The van der Waals surface area contributed by atoms with Gasteiger partial charge < -0.3 is 10.8 Å². The molecule has 5 nitrogen and oxygen atoms in total. The molecule has 0 fully saturated rings. The van der Waals surface area contributed by atoms with Gasteiger partial charge in [-0.05, 0) is 0 Å². The van der Waals surface area contributed by atoms with Gasteiger partial charge >= 0.3 is 55.2 Å². The maximum absolute atomic E-state index is 9.24. The molecule has 0 unspecified atom stereocenters. The van der Waals surface area contributed by atoms with E-state index in [2.05, 4.69) is 5.73 Å². The molecule has 0 amide bonds. The second-order valence-corrected chi connectivity index (χ2v) is 2.49. The van der Waals surface area contributed by atoms with Crippen LogP contribution in [0.1, 0.15) is 0 Å². The molecule has 0 radical (unpaired) electrons. The fourth-order valence-electron chi connectivity index (χ4n) is 0. The number of carbonyl (C=O) groups is 1. The van der Waals surface area contributed by atoms with E-state index in [9.17, 15) is 4.79 Å². The van der Waals surface area contributed by atoms with Gasteiger partial charge in [-0.3, -0.25) is 4.79 Å². The molecule has 0 heterocycles. The zero-order valence-corrected chi connectivity index (χ0v) is 8.08. The van der Waals surface area contributed by atoms with Crippen LogP contribution in [0.2, 0.25) is 3.67 Å². The van der Waals surface area contributed by atoms with Gasteiger partial charge in [-0.25, -0.2) is 0 Å². The summed E-state index contributed by atoms with van der Waals surface area (Å²) in [4.78, 5) is 9.24. The first-order valence-corrected chi connectivity index (χ1v) is 4.39. The Balaban J connectivity index is 0. The molecule has 0 aromatic carbocycles. The van der Waals surface area contributed by atoms with Gasteiger partial charge in [0.15, 0.2) is 0 Å². The van der Waals surface area contributed by atoms with Crippen LogP contribution in [0, 0.1) is 0 Å². The van der Waals surface area contributed by atoms with Crippen molar-refractivity contribution < 1.29 is 9.90 Å². The predicted octanol–water partition coefficient (Wildman–Crippen LogP) is -2.15. The van der Waals surface area contributed by atoms with Crippen LogP contribution in [0.5, 0.6) is 0 Å². The molecule has 0 aliphatic heterocycles. The van der Waals surface area contributed by atoms with Crippen LogP contribution in [-0.2, 0) is 4.79 Å². The first kappa shape index (κ1) is 13.0. The van der Waals surface area contributed by atoms with E-state index in [0.29, 0.717) is 0 Å². The first-order chi connectivity index (χ1) is 4.54. The summed E-state index contributed by atoms with van der Waals surface area (Å²) < 4.78 is 1.00. The normalized spacial score (nSPS) is 8.60. The average molecular weight is 157 g/mol. The molecule has 0 aliphatic carbocycles. The number of carboxylic acids is 1. The Hall–Kier alpha value is 0.350. The Labute approximate surface area is 77.3 Å². The largest absolute Gasteiger partial charge is 0.480 e. The summed E-state index contributed by atoms with van der Waals surface area (Å²) in [5.74, 6) is -0.968. The topological polar surface area (TPSA) is 115 Å². The van der Waals surface area contributed by atoms with Gasteiger partial charge in [0.2, 0.25) is 0 Å². The van der Waals surface area contributed by atoms with Crippen molar-refractivity contribution >= 4 is 33.9 Å². The number of nitrogens with two attached hydrogens (primary N) is 3. The Morgan fingerprint density at radius 2 is 1.80 bits per heavy atom. The van der Waals surface area contributed by atoms with Gasteiger partial charge in [0.1, 0.15) is 0 Å². The van der Waals surface area contributed by atoms with E-state index in [1.54, 1.807) is 0 Å². The second-order valence-electron chi connectivity index (χ2n) is 1.67. The van der Waals surface area contributed by atoms with E-state index < -0.39 is 5.97 Å². The van der Waals surface area contributed by atoms with Gasteiger partial charge in [0, 0.05) is 0 Å². The minimum absolute atomic E-state index is 0.0540. The van der Waals surface area contributed by atoms with Crippen molar-refractivity contribution in [2.24, 2.45) is 17.2 Å². The van der Waals surface area contributed by atoms with Gasteiger partial charge in [-0.15, -0.1) is 0 Å². The van der Waals surface area contributed by atoms with Gasteiger partial charge in [-0.2, -0.15) is 0 Å². The van der Waals surface area contributed by atoms with Crippen LogP contribution in [0.25, 0.3) is 0 Å². The van der Waals surface area contributed by atoms with E-state index in [1.165, 1.54) is 0 Å². The molecular formula is C4H12N3NaO2. The summed E-state index contributed by atoms with van der Waals surface area (Å²) in [6.45, 7) is -0.278. The fourth-order valence-corrected chi connectivity index (χ4v) is 0. The van der Waals surface area contributed by atoms with Gasteiger partial charge in [0.05, 0.1) is 6.54 Å². The van der Waals surface area contributed by atoms with Crippen LogP contribution in [0.4, 0.5) is 0 Å². The molecule has 0 rings (SSSR count). The smallest absolute Gasteiger partial charge is 0.317 e. The van der Waals surface area contributed by atoms with Crippen LogP contribution < -0.4 is 17.2 Å². The second kappa shape index (κ2) is 9.35. The first-order valence-electron chi connectivity index (χ1n) is 2.97. The molecule has 0 saturated heterocycles. The Morgan fingerprint density at radius 3 is 1.80 bits per heavy atom. The van der Waals surface area contributed by atoms with Crippen molar-refractivity contribution in [1.82, 2.24) is 0 Å². The molecule has 0 aromatic heterocycles. The Bertz CT molecular complexity index is 88.6. The van der Waals surface area contributed by atoms with Crippen molar-refractivity contribution in [1.29, 1.82) is 0 Å². The molecule has 0 atom stereocenters. The van der Waals surface area contributed by atoms with Crippen molar-refractivity contribution in [3.05, 3.63) is 0 Å². The minimum atomic E-state index is -0.968. The average Bonchev–Trinajstić information content (AvgIpc) is 1.89. The van der Waals surface area contributed by atoms with Crippen LogP contribution >= 0.6 is 0 Å². The van der Waals surface area contributed by atoms with E-state index in [-0.39, 0.29) is 12.7 Å². The third kappa shape index (κ3) is 23.8. The summed E-state index contributed by atoms with van der Waals surface area (Å²) in [5, 5.41) is 7.60. The van der Waals surface area contributed by atoms with E-state index in [4.69, 9.17) is 16.6 Å². The van der Waals surface area contributed by atoms with Crippen molar-refractivity contribution in [2.75, 3.05) is 6.54 Å². The maximum atomic E-state index is 9.24. The molecule has 0 aromatic rings. The third-order valence-electron chi connectivity index (χ3n) is 0.646. The standard InChI is InChI=1S/C2H7N2.C2H5NO2.Na/c1-2(3)4;3-1-2(4)5;/h2H,1,3-4H2;1,3H2,(H,4,5);. The molecule has 0 aliphatic rings. The number of hydrogen-bond donors (Lipinski definition) is 4. The third-order valence-corrected chi connectivity index (χ3v) is 1.59. The minimum Gasteiger partial charge on any atom is -0.480 e. The summed E-state index contributed by atoms with van der Waals surface area (Å²) in [6, 6.07) is 0.